The van der Waals surface area contributed by atoms with Crippen molar-refractivity contribution in [2.24, 2.45) is 0 Å². The minimum atomic E-state index is -2.78. The van der Waals surface area contributed by atoms with E-state index in [-0.39, 0.29) is 5.92 Å². The van der Waals surface area contributed by atoms with Crippen molar-refractivity contribution in [1.82, 2.24) is 4.90 Å². The Morgan fingerprint density at radius 1 is 1.13 bits per heavy atom. The van der Waals surface area contributed by atoms with Gasteiger partial charge in [0.25, 0.3) is 0 Å². The topological polar surface area (TPSA) is 15.7 Å². The number of alkyl halides is 2. The lowest BCUT2D eigenvalue weighted by Gasteiger charge is -2.36. The molecule has 0 saturated carbocycles. The van der Waals surface area contributed by atoms with Gasteiger partial charge in [-0.25, -0.2) is 0 Å². The van der Waals surface area contributed by atoms with E-state index in [4.69, 9.17) is 4.74 Å². The van der Waals surface area contributed by atoms with Crippen LogP contribution in [0.2, 0.25) is 0 Å². The van der Waals surface area contributed by atoms with Gasteiger partial charge in [0.2, 0.25) is 0 Å². The summed E-state index contributed by atoms with van der Waals surface area (Å²) in [5.41, 5.74) is 1.80. The third kappa shape index (κ3) is 5.06. The van der Waals surface area contributed by atoms with Crippen LogP contribution in [0.3, 0.4) is 0 Å². The molecule has 3 nitrogen and oxygen atoms in total. The van der Waals surface area contributed by atoms with Gasteiger partial charge in [-0.1, -0.05) is 33.3 Å². The molecule has 23 heavy (non-hydrogen) atoms. The van der Waals surface area contributed by atoms with Crippen LogP contribution in [0.15, 0.2) is 18.2 Å². The Balaban J connectivity index is 2.05. The van der Waals surface area contributed by atoms with E-state index in [0.717, 1.165) is 44.0 Å². The maximum Gasteiger partial charge on any atom is 0.387 e. The molecule has 1 fully saturated rings. The number of hydrogen-bond donors (Lipinski definition) is 0. The minimum absolute atomic E-state index is 0.156. The molecule has 0 amide bonds. The minimum Gasteiger partial charge on any atom is -0.434 e. The number of piperazine rings is 1. The molecule has 0 atom stereocenters. The molecule has 0 aromatic heterocycles. The first-order valence-corrected chi connectivity index (χ1v) is 8.57. The van der Waals surface area contributed by atoms with Gasteiger partial charge >= 0.3 is 6.61 Å². The third-order valence-corrected chi connectivity index (χ3v) is 4.40. The highest BCUT2D eigenvalue weighted by Gasteiger charge is 2.19. The molecule has 130 valence electrons. The molecule has 2 rings (SSSR count). The largest absolute Gasteiger partial charge is 0.434 e. The molecule has 5 heteroatoms. The Labute approximate surface area is 138 Å². The second-order valence-corrected chi connectivity index (χ2v) is 6.44. The van der Waals surface area contributed by atoms with E-state index < -0.39 is 6.61 Å². The smallest absolute Gasteiger partial charge is 0.387 e. The van der Waals surface area contributed by atoms with Crippen LogP contribution in [-0.2, 0) is 0 Å². The molecule has 0 N–H and O–H groups in total. The van der Waals surface area contributed by atoms with Gasteiger partial charge in [-0.3, -0.25) is 4.90 Å². The highest BCUT2D eigenvalue weighted by atomic mass is 19.3. The van der Waals surface area contributed by atoms with Gasteiger partial charge in [-0.05, 0) is 30.5 Å². The lowest BCUT2D eigenvalue weighted by Crippen LogP contribution is -2.46. The van der Waals surface area contributed by atoms with Gasteiger partial charge in [-0.15, -0.1) is 0 Å². The quantitative estimate of drug-likeness (QED) is 0.741. The van der Waals surface area contributed by atoms with Crippen LogP contribution < -0.4 is 9.64 Å². The molecule has 0 bridgehead atoms. The van der Waals surface area contributed by atoms with Crippen molar-refractivity contribution in [2.45, 2.75) is 46.1 Å². The number of anilines is 1. The lowest BCUT2D eigenvalue weighted by atomic mass is 10.0. The van der Waals surface area contributed by atoms with Crippen LogP contribution in [0.1, 0.15) is 45.1 Å². The maximum absolute atomic E-state index is 12.7. The highest BCUT2D eigenvalue weighted by Crippen LogP contribution is 2.32. The van der Waals surface area contributed by atoms with Crippen molar-refractivity contribution < 1.29 is 13.5 Å². The fourth-order valence-corrected chi connectivity index (χ4v) is 3.01. The molecule has 0 spiro atoms. The number of unbranched alkanes of at least 4 members (excludes halogenated alkanes) is 1. The van der Waals surface area contributed by atoms with E-state index in [9.17, 15) is 8.78 Å². The van der Waals surface area contributed by atoms with Crippen LogP contribution in [-0.4, -0.2) is 44.2 Å². The molecule has 1 aliphatic rings. The fourth-order valence-electron chi connectivity index (χ4n) is 3.01. The van der Waals surface area contributed by atoms with Gasteiger partial charge in [0, 0.05) is 37.9 Å². The van der Waals surface area contributed by atoms with Gasteiger partial charge in [0.1, 0.15) is 5.75 Å². The zero-order valence-electron chi connectivity index (χ0n) is 14.4. The number of nitrogens with zero attached hydrogens (tertiary/aromatic N) is 2. The summed E-state index contributed by atoms with van der Waals surface area (Å²) in [5.74, 6) is 0.463. The summed E-state index contributed by atoms with van der Waals surface area (Å²) in [4.78, 5) is 4.73. The van der Waals surface area contributed by atoms with Crippen molar-refractivity contribution in [3.05, 3.63) is 23.8 Å². The molecule has 0 aliphatic carbocycles. The number of hydrogen-bond acceptors (Lipinski definition) is 3. The number of halogens is 2. The molecule has 1 aromatic rings. The first-order chi connectivity index (χ1) is 11.0. The normalized spacial score (nSPS) is 16.4. The van der Waals surface area contributed by atoms with Crippen LogP contribution in [0.25, 0.3) is 0 Å². The monoisotopic (exact) mass is 326 g/mol. The Morgan fingerprint density at radius 3 is 2.39 bits per heavy atom. The molecule has 1 aromatic carbocycles. The Bertz CT molecular complexity index is 486. The first kappa shape index (κ1) is 18.0. The van der Waals surface area contributed by atoms with Crippen LogP contribution in [0.4, 0.5) is 14.5 Å². The summed E-state index contributed by atoms with van der Waals surface area (Å²) < 4.78 is 30.1. The van der Waals surface area contributed by atoms with Crippen molar-refractivity contribution in [3.63, 3.8) is 0 Å². The third-order valence-electron chi connectivity index (χ3n) is 4.40. The summed E-state index contributed by atoms with van der Waals surface area (Å²) in [6.07, 6.45) is 2.45. The Hall–Kier alpha value is -1.36. The van der Waals surface area contributed by atoms with Crippen molar-refractivity contribution in [2.75, 3.05) is 37.6 Å². The van der Waals surface area contributed by atoms with Crippen LogP contribution in [0.5, 0.6) is 5.75 Å². The van der Waals surface area contributed by atoms with Gasteiger partial charge in [0.15, 0.2) is 0 Å². The fraction of sp³-hybridized carbons (Fsp3) is 0.667. The molecular weight excluding hydrogens is 298 g/mol. The van der Waals surface area contributed by atoms with Crippen molar-refractivity contribution >= 4 is 5.69 Å². The molecule has 1 saturated heterocycles. The summed E-state index contributed by atoms with van der Waals surface area (Å²) in [6.45, 7) is 8.45. The summed E-state index contributed by atoms with van der Waals surface area (Å²) in [5, 5.41) is 0. The average Bonchev–Trinajstić information content (AvgIpc) is 2.52. The predicted octanol–water partition coefficient (Wildman–Crippen LogP) is 4.33. The van der Waals surface area contributed by atoms with Crippen LogP contribution in [0, 0.1) is 0 Å². The summed E-state index contributed by atoms with van der Waals surface area (Å²) in [6, 6.07) is 5.71. The van der Waals surface area contributed by atoms with E-state index in [2.05, 4.69) is 16.7 Å². The zero-order chi connectivity index (χ0) is 16.8. The number of benzene rings is 1. The molecular formula is C18H28F2N2O. The SMILES string of the molecule is CCCCN1CCN(c2ccc(C(C)C)c(OC(F)F)c2)CC1. The number of ether oxygens (including phenoxy) is 1. The highest BCUT2D eigenvalue weighted by molar-refractivity contribution is 5.55. The average molecular weight is 326 g/mol. The summed E-state index contributed by atoms with van der Waals surface area (Å²) >= 11 is 0. The molecule has 0 unspecified atom stereocenters. The standard InChI is InChI=1S/C18H28F2N2O/c1-4-5-8-21-9-11-22(12-10-21)15-6-7-16(14(2)3)17(13-15)23-18(19)20/h6-7,13-14,18H,4-5,8-12H2,1-3H3. The van der Waals surface area contributed by atoms with Gasteiger partial charge in [0.05, 0.1) is 0 Å². The van der Waals surface area contributed by atoms with E-state index in [1.165, 1.54) is 12.8 Å². The van der Waals surface area contributed by atoms with Crippen molar-refractivity contribution in [1.29, 1.82) is 0 Å². The van der Waals surface area contributed by atoms with E-state index in [0.29, 0.717) is 5.75 Å². The second-order valence-electron chi connectivity index (χ2n) is 6.44. The Morgan fingerprint density at radius 2 is 1.83 bits per heavy atom. The molecule has 0 radical (unpaired) electrons. The first-order valence-electron chi connectivity index (χ1n) is 8.57. The van der Waals surface area contributed by atoms with E-state index >= 15 is 0 Å². The van der Waals surface area contributed by atoms with Gasteiger partial charge < -0.3 is 9.64 Å². The second kappa shape index (κ2) is 8.48. The van der Waals surface area contributed by atoms with Crippen LogP contribution >= 0.6 is 0 Å². The molecule has 1 heterocycles. The lowest BCUT2D eigenvalue weighted by molar-refractivity contribution is -0.0505. The van der Waals surface area contributed by atoms with E-state index in [1.807, 2.05) is 26.0 Å². The van der Waals surface area contributed by atoms with Gasteiger partial charge in [-0.2, -0.15) is 8.78 Å². The zero-order valence-corrected chi connectivity index (χ0v) is 14.4. The Kier molecular flexibility index (Phi) is 6.63. The van der Waals surface area contributed by atoms with Crippen molar-refractivity contribution in [3.8, 4) is 5.75 Å². The van der Waals surface area contributed by atoms with E-state index in [1.54, 1.807) is 6.07 Å². The summed E-state index contributed by atoms with van der Waals surface area (Å²) in [7, 11) is 0. The number of rotatable bonds is 7. The maximum atomic E-state index is 12.7. The molecule has 1 aliphatic heterocycles. The predicted molar refractivity (Wildman–Crippen MR) is 90.7 cm³/mol.